The molecule has 2 heteroatoms. The van der Waals surface area contributed by atoms with Gasteiger partial charge in [0.25, 0.3) is 0 Å². The zero-order valence-electron chi connectivity index (χ0n) is 10.2. The molecule has 1 aliphatic heterocycles. The number of hydrogen-bond donors (Lipinski definition) is 1. The van der Waals surface area contributed by atoms with Gasteiger partial charge in [-0.25, -0.2) is 0 Å². The Morgan fingerprint density at radius 2 is 2.06 bits per heavy atom. The van der Waals surface area contributed by atoms with Crippen LogP contribution in [-0.4, -0.2) is 19.7 Å². The van der Waals surface area contributed by atoms with Crippen molar-refractivity contribution in [3.05, 3.63) is 29.8 Å². The van der Waals surface area contributed by atoms with Crippen LogP contribution in [0.4, 0.5) is 0 Å². The first kappa shape index (κ1) is 11.5. The second-order valence-corrected chi connectivity index (χ2v) is 4.71. The number of aryl methyl sites for hydroxylation is 1. The maximum absolute atomic E-state index is 5.15. The molecule has 2 rings (SSSR count). The Balaban J connectivity index is 1.84. The second-order valence-electron chi connectivity index (χ2n) is 4.71. The largest absolute Gasteiger partial charge is 0.497 e. The van der Waals surface area contributed by atoms with Gasteiger partial charge in [-0.15, -0.1) is 0 Å². The van der Waals surface area contributed by atoms with E-state index in [0.717, 1.165) is 18.1 Å². The van der Waals surface area contributed by atoms with E-state index in [-0.39, 0.29) is 0 Å². The molecule has 1 aromatic carbocycles. The lowest BCUT2D eigenvalue weighted by Gasteiger charge is -2.15. The maximum atomic E-state index is 5.15. The Morgan fingerprint density at radius 3 is 2.62 bits per heavy atom. The molecule has 16 heavy (non-hydrogen) atoms. The fourth-order valence-corrected chi connectivity index (χ4v) is 2.40. The molecule has 0 amide bonds. The summed E-state index contributed by atoms with van der Waals surface area (Å²) in [5.41, 5.74) is 1.40. The summed E-state index contributed by atoms with van der Waals surface area (Å²) in [6.45, 7) is 3.53. The summed E-state index contributed by atoms with van der Waals surface area (Å²) in [6, 6.07) is 9.13. The first-order valence-electron chi connectivity index (χ1n) is 6.16. The smallest absolute Gasteiger partial charge is 0.118 e. The molecule has 1 N–H and O–H groups in total. The lowest BCUT2D eigenvalue weighted by atomic mass is 9.97. The first-order chi connectivity index (χ1) is 7.79. The van der Waals surface area contributed by atoms with Gasteiger partial charge in [0, 0.05) is 6.04 Å². The fourth-order valence-electron chi connectivity index (χ4n) is 2.40. The molecule has 1 aromatic rings. The van der Waals surface area contributed by atoms with Crippen molar-refractivity contribution in [2.75, 3.05) is 13.7 Å². The van der Waals surface area contributed by atoms with Crippen LogP contribution in [0.25, 0.3) is 0 Å². The Kier molecular flexibility index (Phi) is 3.83. The lowest BCUT2D eigenvalue weighted by Crippen LogP contribution is -2.26. The van der Waals surface area contributed by atoms with Crippen LogP contribution in [0, 0.1) is 5.92 Å². The number of rotatable bonds is 4. The highest BCUT2D eigenvalue weighted by atomic mass is 16.5. The molecule has 1 fully saturated rings. The minimum absolute atomic E-state index is 0.710. The topological polar surface area (TPSA) is 21.3 Å². The Morgan fingerprint density at radius 1 is 1.31 bits per heavy atom. The minimum Gasteiger partial charge on any atom is -0.497 e. The van der Waals surface area contributed by atoms with Crippen molar-refractivity contribution < 1.29 is 4.74 Å². The molecule has 2 unspecified atom stereocenters. The van der Waals surface area contributed by atoms with Crippen molar-refractivity contribution in [1.29, 1.82) is 0 Å². The molecule has 2 nitrogen and oxygen atoms in total. The highest BCUT2D eigenvalue weighted by molar-refractivity contribution is 5.27. The molecule has 0 radical (unpaired) electrons. The van der Waals surface area contributed by atoms with Gasteiger partial charge in [0.15, 0.2) is 0 Å². The van der Waals surface area contributed by atoms with E-state index in [9.17, 15) is 0 Å². The Hall–Kier alpha value is -1.02. The molecule has 0 spiro atoms. The second kappa shape index (κ2) is 5.35. The zero-order chi connectivity index (χ0) is 11.4. The average molecular weight is 219 g/mol. The van der Waals surface area contributed by atoms with E-state index in [0.29, 0.717) is 6.04 Å². The highest BCUT2D eigenvalue weighted by Gasteiger charge is 2.21. The summed E-state index contributed by atoms with van der Waals surface area (Å²) in [6.07, 6.45) is 3.73. The van der Waals surface area contributed by atoms with Gasteiger partial charge in [-0.3, -0.25) is 0 Å². The molecular weight excluding hydrogens is 198 g/mol. The summed E-state index contributed by atoms with van der Waals surface area (Å²) in [5.74, 6) is 1.77. The van der Waals surface area contributed by atoms with Crippen molar-refractivity contribution in [2.24, 2.45) is 5.92 Å². The molecule has 1 heterocycles. The van der Waals surface area contributed by atoms with Crippen LogP contribution in [0.15, 0.2) is 24.3 Å². The van der Waals surface area contributed by atoms with Gasteiger partial charge in [0.1, 0.15) is 5.75 Å². The predicted octanol–water partition coefficient (Wildman–Crippen LogP) is 2.63. The Labute approximate surface area is 98.0 Å². The van der Waals surface area contributed by atoms with Crippen LogP contribution in [0.3, 0.4) is 0 Å². The summed E-state index contributed by atoms with van der Waals surface area (Å²) >= 11 is 0. The zero-order valence-corrected chi connectivity index (χ0v) is 10.2. The van der Waals surface area contributed by atoms with Crippen molar-refractivity contribution in [2.45, 2.75) is 32.2 Å². The maximum Gasteiger partial charge on any atom is 0.118 e. The summed E-state index contributed by atoms with van der Waals surface area (Å²) in [5, 5.41) is 3.57. The minimum atomic E-state index is 0.710. The van der Waals surface area contributed by atoms with Gasteiger partial charge < -0.3 is 10.1 Å². The van der Waals surface area contributed by atoms with Gasteiger partial charge in [-0.2, -0.15) is 0 Å². The van der Waals surface area contributed by atoms with Crippen molar-refractivity contribution in [3.63, 3.8) is 0 Å². The molecule has 0 saturated carbocycles. The monoisotopic (exact) mass is 219 g/mol. The molecule has 2 atom stereocenters. The fraction of sp³-hybridized carbons (Fsp3) is 0.571. The van der Waals surface area contributed by atoms with E-state index in [4.69, 9.17) is 4.74 Å². The van der Waals surface area contributed by atoms with Gasteiger partial charge in [-0.1, -0.05) is 19.1 Å². The summed E-state index contributed by atoms with van der Waals surface area (Å²) < 4.78 is 5.15. The van der Waals surface area contributed by atoms with Crippen LogP contribution < -0.4 is 10.1 Å². The number of nitrogens with one attached hydrogen (secondary N) is 1. The average Bonchev–Trinajstić information content (AvgIpc) is 2.73. The third-order valence-electron chi connectivity index (χ3n) is 3.60. The van der Waals surface area contributed by atoms with Crippen LogP contribution >= 0.6 is 0 Å². The van der Waals surface area contributed by atoms with Crippen LogP contribution in [0.5, 0.6) is 5.75 Å². The molecule has 1 saturated heterocycles. The van der Waals surface area contributed by atoms with Crippen LogP contribution in [0.1, 0.15) is 25.3 Å². The van der Waals surface area contributed by atoms with E-state index >= 15 is 0 Å². The molecule has 1 aliphatic rings. The number of ether oxygens (including phenoxy) is 1. The van der Waals surface area contributed by atoms with Crippen LogP contribution in [0.2, 0.25) is 0 Å². The number of hydrogen-bond acceptors (Lipinski definition) is 2. The third kappa shape index (κ3) is 2.76. The third-order valence-corrected chi connectivity index (χ3v) is 3.60. The Bertz CT molecular complexity index is 320. The molecule has 0 aliphatic carbocycles. The van der Waals surface area contributed by atoms with E-state index in [2.05, 4.69) is 24.4 Å². The van der Waals surface area contributed by atoms with Crippen LogP contribution in [-0.2, 0) is 6.42 Å². The standard InChI is InChI=1S/C14H21NO/c1-11-9-10-15-14(11)8-5-12-3-6-13(16-2)7-4-12/h3-4,6-7,11,14-15H,5,8-10H2,1-2H3. The first-order valence-corrected chi connectivity index (χ1v) is 6.16. The van der Waals surface area contributed by atoms with Gasteiger partial charge >= 0.3 is 0 Å². The lowest BCUT2D eigenvalue weighted by molar-refractivity contribution is 0.414. The summed E-state index contributed by atoms with van der Waals surface area (Å²) in [4.78, 5) is 0. The quantitative estimate of drug-likeness (QED) is 0.840. The van der Waals surface area contributed by atoms with Crippen molar-refractivity contribution in [3.8, 4) is 5.75 Å². The normalized spacial score (nSPS) is 24.6. The van der Waals surface area contributed by atoms with E-state index in [1.165, 1.54) is 24.9 Å². The molecule has 0 bridgehead atoms. The molecular formula is C14H21NO. The van der Waals surface area contributed by atoms with Crippen molar-refractivity contribution >= 4 is 0 Å². The van der Waals surface area contributed by atoms with Gasteiger partial charge in [0.05, 0.1) is 7.11 Å². The predicted molar refractivity (Wildman–Crippen MR) is 66.9 cm³/mol. The van der Waals surface area contributed by atoms with E-state index in [1.54, 1.807) is 7.11 Å². The molecule has 0 aromatic heterocycles. The number of methoxy groups -OCH3 is 1. The summed E-state index contributed by atoms with van der Waals surface area (Å²) in [7, 11) is 1.71. The molecule has 88 valence electrons. The van der Waals surface area contributed by atoms with E-state index < -0.39 is 0 Å². The SMILES string of the molecule is COc1ccc(CCC2NCCC2C)cc1. The number of benzene rings is 1. The van der Waals surface area contributed by atoms with Crippen molar-refractivity contribution in [1.82, 2.24) is 5.32 Å². The highest BCUT2D eigenvalue weighted by Crippen LogP contribution is 2.20. The van der Waals surface area contributed by atoms with E-state index in [1.807, 2.05) is 12.1 Å². The van der Waals surface area contributed by atoms with Gasteiger partial charge in [-0.05, 0) is 49.4 Å². The van der Waals surface area contributed by atoms with Gasteiger partial charge in [0.2, 0.25) is 0 Å².